The van der Waals surface area contributed by atoms with Gasteiger partial charge in [-0.15, -0.1) is 11.8 Å². The molecular formula is C20H23FN2O2S. The van der Waals surface area contributed by atoms with Gasteiger partial charge in [-0.3, -0.25) is 9.59 Å². The van der Waals surface area contributed by atoms with Crippen molar-refractivity contribution >= 4 is 29.3 Å². The van der Waals surface area contributed by atoms with Gasteiger partial charge in [0.15, 0.2) is 0 Å². The molecule has 0 spiro atoms. The minimum atomic E-state index is -0.371. The number of benzene rings is 2. The lowest BCUT2D eigenvalue weighted by Gasteiger charge is -2.19. The van der Waals surface area contributed by atoms with E-state index in [1.54, 1.807) is 0 Å². The topological polar surface area (TPSA) is 58.2 Å². The van der Waals surface area contributed by atoms with Gasteiger partial charge in [0.05, 0.1) is 12.3 Å². The zero-order valence-corrected chi connectivity index (χ0v) is 16.0. The fraction of sp³-hybridized carbons (Fsp3) is 0.300. The van der Waals surface area contributed by atoms with Crippen LogP contribution in [0.4, 0.5) is 10.1 Å². The number of nitrogens with one attached hydrogen (secondary N) is 2. The number of hydrogen-bond donors (Lipinski definition) is 2. The van der Waals surface area contributed by atoms with Crippen LogP contribution in [0.1, 0.15) is 26.3 Å². The summed E-state index contributed by atoms with van der Waals surface area (Å²) in [5.74, 6) is -0.712. The van der Waals surface area contributed by atoms with E-state index in [0.717, 1.165) is 4.90 Å². The van der Waals surface area contributed by atoms with E-state index in [1.165, 1.54) is 41.6 Å². The predicted octanol–water partition coefficient (Wildman–Crippen LogP) is 3.97. The molecule has 0 saturated carbocycles. The van der Waals surface area contributed by atoms with Crippen LogP contribution in [0.15, 0.2) is 53.4 Å². The number of carbonyl (C=O) groups is 2. The average Bonchev–Trinajstić information content (AvgIpc) is 2.60. The first-order chi connectivity index (χ1) is 12.2. The first kappa shape index (κ1) is 20.0. The maximum Gasteiger partial charge on any atom is 0.243 e. The lowest BCUT2D eigenvalue weighted by Crippen LogP contribution is -2.33. The van der Waals surface area contributed by atoms with Crippen molar-refractivity contribution in [3.8, 4) is 0 Å². The highest BCUT2D eigenvalue weighted by molar-refractivity contribution is 8.00. The highest BCUT2D eigenvalue weighted by atomic mass is 32.2. The molecule has 0 radical (unpaired) electrons. The van der Waals surface area contributed by atoms with Gasteiger partial charge in [0.2, 0.25) is 11.8 Å². The Morgan fingerprint density at radius 1 is 0.962 bits per heavy atom. The molecule has 0 aliphatic carbocycles. The maximum absolute atomic E-state index is 12.8. The molecule has 0 aliphatic rings. The van der Waals surface area contributed by atoms with E-state index in [-0.39, 0.29) is 35.3 Å². The van der Waals surface area contributed by atoms with Crippen LogP contribution in [0.25, 0.3) is 0 Å². The van der Waals surface area contributed by atoms with Crippen molar-refractivity contribution in [2.24, 2.45) is 0 Å². The number of hydrogen-bond acceptors (Lipinski definition) is 3. The van der Waals surface area contributed by atoms with Crippen molar-refractivity contribution in [3.63, 3.8) is 0 Å². The molecule has 0 fully saturated rings. The van der Waals surface area contributed by atoms with Gasteiger partial charge in [-0.2, -0.15) is 0 Å². The number of rotatable bonds is 6. The summed E-state index contributed by atoms with van der Waals surface area (Å²) in [4.78, 5) is 24.7. The Hall–Kier alpha value is -2.34. The number of halogens is 1. The minimum absolute atomic E-state index is 0.0957. The van der Waals surface area contributed by atoms with E-state index >= 15 is 0 Å². The summed E-state index contributed by atoms with van der Waals surface area (Å²) in [5, 5.41) is 5.17. The smallest absolute Gasteiger partial charge is 0.243 e. The SMILES string of the molecule is CC(C)(C)c1ccc(SCC(=O)NCC(=O)Nc2ccc(F)cc2)cc1. The van der Waals surface area contributed by atoms with Crippen molar-refractivity contribution in [1.82, 2.24) is 5.32 Å². The van der Waals surface area contributed by atoms with Crippen LogP contribution in [0.2, 0.25) is 0 Å². The first-order valence-corrected chi connectivity index (χ1v) is 9.28. The van der Waals surface area contributed by atoms with Gasteiger partial charge in [-0.1, -0.05) is 32.9 Å². The van der Waals surface area contributed by atoms with Crippen LogP contribution in [0, 0.1) is 5.82 Å². The van der Waals surface area contributed by atoms with E-state index in [9.17, 15) is 14.0 Å². The van der Waals surface area contributed by atoms with Crippen LogP contribution >= 0.6 is 11.8 Å². The van der Waals surface area contributed by atoms with Gasteiger partial charge in [0.25, 0.3) is 0 Å². The van der Waals surface area contributed by atoms with Crippen molar-refractivity contribution in [2.75, 3.05) is 17.6 Å². The molecule has 6 heteroatoms. The van der Waals surface area contributed by atoms with E-state index < -0.39 is 0 Å². The second-order valence-corrected chi connectivity index (χ2v) is 7.94. The average molecular weight is 374 g/mol. The van der Waals surface area contributed by atoms with Gasteiger partial charge in [0.1, 0.15) is 5.82 Å². The first-order valence-electron chi connectivity index (χ1n) is 8.29. The van der Waals surface area contributed by atoms with E-state index in [0.29, 0.717) is 5.69 Å². The molecule has 0 aromatic heterocycles. The molecule has 2 aromatic rings. The summed E-state index contributed by atoms with van der Waals surface area (Å²) in [6, 6.07) is 13.6. The van der Waals surface area contributed by atoms with Gasteiger partial charge >= 0.3 is 0 Å². The number of thioether (sulfide) groups is 1. The van der Waals surface area contributed by atoms with E-state index in [1.807, 2.05) is 12.1 Å². The molecule has 138 valence electrons. The van der Waals surface area contributed by atoms with Gasteiger partial charge in [-0.25, -0.2) is 4.39 Å². The third kappa shape index (κ3) is 6.52. The predicted molar refractivity (Wildman–Crippen MR) is 104 cm³/mol. The third-order valence-corrected chi connectivity index (χ3v) is 4.68. The minimum Gasteiger partial charge on any atom is -0.346 e. The van der Waals surface area contributed by atoms with Crippen molar-refractivity contribution < 1.29 is 14.0 Å². The lowest BCUT2D eigenvalue weighted by molar-refractivity contribution is -0.122. The highest BCUT2D eigenvalue weighted by Gasteiger charge is 2.13. The second kappa shape index (κ2) is 8.85. The standard InChI is InChI=1S/C20H23FN2O2S/c1-20(2,3)14-4-10-17(11-5-14)26-13-19(25)22-12-18(24)23-16-8-6-15(21)7-9-16/h4-11H,12-13H2,1-3H3,(H,22,25)(H,23,24). The molecule has 0 unspecified atom stereocenters. The molecule has 2 N–H and O–H groups in total. The third-order valence-electron chi connectivity index (χ3n) is 3.66. The van der Waals surface area contributed by atoms with Crippen LogP contribution in [0.3, 0.4) is 0 Å². The number of carbonyl (C=O) groups excluding carboxylic acids is 2. The van der Waals surface area contributed by atoms with E-state index in [2.05, 4.69) is 43.5 Å². The summed E-state index contributed by atoms with van der Waals surface area (Å²) in [5.41, 5.74) is 1.82. The monoisotopic (exact) mass is 374 g/mol. The molecule has 0 aliphatic heterocycles. The zero-order valence-electron chi connectivity index (χ0n) is 15.1. The summed E-state index contributed by atoms with van der Waals surface area (Å²) >= 11 is 1.42. The zero-order chi connectivity index (χ0) is 19.2. The molecule has 0 heterocycles. The maximum atomic E-state index is 12.8. The normalized spacial score (nSPS) is 11.1. The Morgan fingerprint density at radius 2 is 1.58 bits per heavy atom. The number of amides is 2. The molecule has 2 amide bonds. The van der Waals surface area contributed by atoms with Crippen LogP contribution < -0.4 is 10.6 Å². The molecule has 0 bridgehead atoms. The molecular weight excluding hydrogens is 351 g/mol. The molecule has 4 nitrogen and oxygen atoms in total. The second-order valence-electron chi connectivity index (χ2n) is 6.89. The fourth-order valence-corrected chi connectivity index (χ4v) is 2.90. The summed E-state index contributed by atoms with van der Waals surface area (Å²) in [6.07, 6.45) is 0. The largest absolute Gasteiger partial charge is 0.346 e. The van der Waals surface area contributed by atoms with E-state index in [4.69, 9.17) is 0 Å². The summed E-state index contributed by atoms with van der Waals surface area (Å²) in [6.45, 7) is 6.33. The molecule has 2 aromatic carbocycles. The number of anilines is 1. The summed E-state index contributed by atoms with van der Waals surface area (Å²) < 4.78 is 12.8. The van der Waals surface area contributed by atoms with Crippen molar-refractivity contribution in [2.45, 2.75) is 31.1 Å². The summed E-state index contributed by atoms with van der Waals surface area (Å²) in [7, 11) is 0. The molecule has 0 atom stereocenters. The van der Waals surface area contributed by atoms with Crippen LogP contribution in [-0.4, -0.2) is 24.1 Å². The Balaban J connectivity index is 1.73. The molecule has 2 rings (SSSR count). The van der Waals surface area contributed by atoms with Crippen molar-refractivity contribution in [1.29, 1.82) is 0 Å². The molecule has 0 saturated heterocycles. The van der Waals surface area contributed by atoms with Gasteiger partial charge in [-0.05, 0) is 47.4 Å². The fourth-order valence-electron chi connectivity index (χ4n) is 2.17. The Bertz CT molecular complexity index is 753. The Labute approximate surface area is 157 Å². The van der Waals surface area contributed by atoms with Crippen LogP contribution in [-0.2, 0) is 15.0 Å². The molecule has 26 heavy (non-hydrogen) atoms. The Kier molecular flexibility index (Phi) is 6.80. The van der Waals surface area contributed by atoms with Gasteiger partial charge in [0, 0.05) is 10.6 Å². The van der Waals surface area contributed by atoms with Gasteiger partial charge < -0.3 is 10.6 Å². The quantitative estimate of drug-likeness (QED) is 0.752. The lowest BCUT2D eigenvalue weighted by atomic mass is 9.87. The van der Waals surface area contributed by atoms with Crippen molar-refractivity contribution in [3.05, 3.63) is 59.9 Å². The highest BCUT2D eigenvalue weighted by Crippen LogP contribution is 2.25. The van der Waals surface area contributed by atoms with Crippen LogP contribution in [0.5, 0.6) is 0 Å². The Morgan fingerprint density at radius 3 is 2.15 bits per heavy atom.